The number of aliphatic hydroxyl groups excluding tert-OH is 1. The fraction of sp³-hybridized carbons (Fsp3) is 0.622. The van der Waals surface area contributed by atoms with E-state index in [2.05, 4.69) is 36.0 Å². The van der Waals surface area contributed by atoms with Crippen molar-refractivity contribution in [3.63, 3.8) is 0 Å². The number of carbonyl (C=O) groups excluding carboxylic acids is 4. The van der Waals surface area contributed by atoms with Gasteiger partial charge >= 0.3 is 5.97 Å². The number of alkyl halides is 1. The van der Waals surface area contributed by atoms with Crippen molar-refractivity contribution < 1.29 is 33.8 Å². The number of esters is 1. The monoisotopic (exact) mass is 729 g/mol. The molecular formula is C37H52BrN3O7. The van der Waals surface area contributed by atoms with E-state index >= 15 is 0 Å². The van der Waals surface area contributed by atoms with Crippen molar-refractivity contribution in [1.29, 1.82) is 0 Å². The van der Waals surface area contributed by atoms with Gasteiger partial charge in [-0.3, -0.25) is 19.2 Å². The molecule has 11 heteroatoms. The Morgan fingerprint density at radius 1 is 1.19 bits per heavy atom. The highest BCUT2D eigenvalue weighted by atomic mass is 79.9. The van der Waals surface area contributed by atoms with E-state index in [-0.39, 0.29) is 48.2 Å². The lowest BCUT2D eigenvalue weighted by Crippen LogP contribution is -2.60. The van der Waals surface area contributed by atoms with Gasteiger partial charge < -0.3 is 29.3 Å². The number of amides is 3. The van der Waals surface area contributed by atoms with Crippen molar-refractivity contribution in [2.24, 2.45) is 11.8 Å². The average Bonchev–Trinajstić information content (AvgIpc) is 3.68. The van der Waals surface area contributed by atoms with E-state index < -0.39 is 53.7 Å². The third-order valence-electron chi connectivity index (χ3n) is 10.5. The highest BCUT2D eigenvalue weighted by Crippen LogP contribution is 2.61. The summed E-state index contributed by atoms with van der Waals surface area (Å²) < 4.78 is 13.0. The molecule has 1 aromatic rings. The van der Waals surface area contributed by atoms with Gasteiger partial charge in [-0.15, -0.1) is 13.2 Å². The van der Waals surface area contributed by atoms with Gasteiger partial charge in [0.1, 0.15) is 17.7 Å². The number of ether oxygens (including phenoxy) is 2. The van der Waals surface area contributed by atoms with E-state index in [1.54, 1.807) is 29.0 Å². The molecule has 3 fully saturated rings. The number of likely N-dealkylation sites (N-methyl/N-ethyl adjacent to an activating group) is 1. The van der Waals surface area contributed by atoms with E-state index in [0.29, 0.717) is 24.8 Å². The van der Waals surface area contributed by atoms with E-state index in [4.69, 9.17) is 9.47 Å². The number of nitrogens with zero attached hydrogens (tertiary/aromatic N) is 3. The van der Waals surface area contributed by atoms with Gasteiger partial charge in [0.05, 0.1) is 36.6 Å². The molecule has 3 saturated heterocycles. The first-order valence-electron chi connectivity index (χ1n) is 17.2. The molecule has 0 aromatic heterocycles. The lowest BCUT2D eigenvalue weighted by molar-refractivity contribution is -0.165. The molecule has 2 unspecified atom stereocenters. The second-order valence-corrected chi connectivity index (χ2v) is 14.6. The van der Waals surface area contributed by atoms with Gasteiger partial charge in [0, 0.05) is 30.9 Å². The molecule has 3 aliphatic heterocycles. The largest absolute Gasteiger partial charge is 0.455 e. The van der Waals surface area contributed by atoms with Gasteiger partial charge in [0.2, 0.25) is 17.7 Å². The summed E-state index contributed by atoms with van der Waals surface area (Å²) in [5, 5.41) is 10.4. The molecule has 4 rings (SSSR count). The predicted octanol–water partition coefficient (Wildman–Crippen LogP) is 4.81. The Bertz CT molecular complexity index is 1340. The number of fused-ring (bicyclic) bond motifs is 1. The van der Waals surface area contributed by atoms with Crippen LogP contribution in [0, 0.1) is 11.8 Å². The Morgan fingerprint density at radius 3 is 2.46 bits per heavy atom. The van der Waals surface area contributed by atoms with Gasteiger partial charge in [-0.2, -0.15) is 0 Å². The minimum absolute atomic E-state index is 0.110. The van der Waals surface area contributed by atoms with Crippen molar-refractivity contribution in [3.05, 3.63) is 61.2 Å². The fourth-order valence-electron chi connectivity index (χ4n) is 7.90. The number of halogens is 1. The van der Waals surface area contributed by atoms with Crippen LogP contribution in [-0.2, 0) is 28.7 Å². The third kappa shape index (κ3) is 6.87. The summed E-state index contributed by atoms with van der Waals surface area (Å²) in [5.74, 6) is -3.38. The van der Waals surface area contributed by atoms with Crippen LogP contribution in [-0.4, -0.2) is 104 Å². The minimum atomic E-state index is -1.30. The Morgan fingerprint density at radius 2 is 1.88 bits per heavy atom. The van der Waals surface area contributed by atoms with E-state index in [9.17, 15) is 24.3 Å². The number of hydrogen-bond donors (Lipinski definition) is 1. The van der Waals surface area contributed by atoms with Gasteiger partial charge in [-0.1, -0.05) is 78.7 Å². The molecule has 3 aliphatic rings. The lowest BCUT2D eigenvalue weighted by Gasteiger charge is -2.41. The first kappa shape index (κ1) is 37.8. The van der Waals surface area contributed by atoms with E-state index in [0.717, 1.165) is 12.8 Å². The molecule has 3 heterocycles. The Kier molecular flexibility index (Phi) is 12.7. The van der Waals surface area contributed by atoms with Crippen LogP contribution < -0.4 is 0 Å². The fourth-order valence-corrected chi connectivity index (χ4v) is 8.85. The van der Waals surface area contributed by atoms with Crippen LogP contribution in [0.2, 0.25) is 0 Å². The molecule has 264 valence electrons. The number of carbonyl (C=O) groups is 4. The average molecular weight is 731 g/mol. The number of hydrogen-bond acceptors (Lipinski definition) is 7. The molecule has 48 heavy (non-hydrogen) atoms. The first-order chi connectivity index (χ1) is 22.9. The highest BCUT2D eigenvalue weighted by molar-refractivity contribution is 9.09. The molecule has 1 N–H and O–H groups in total. The van der Waals surface area contributed by atoms with Crippen LogP contribution in [0.25, 0.3) is 0 Å². The van der Waals surface area contributed by atoms with Gasteiger partial charge in [0.25, 0.3) is 0 Å². The van der Waals surface area contributed by atoms with Crippen molar-refractivity contribution in [2.75, 3.05) is 20.2 Å². The Labute approximate surface area is 293 Å². The summed E-state index contributed by atoms with van der Waals surface area (Å²) in [5.41, 5.74) is -0.588. The molecule has 0 saturated carbocycles. The van der Waals surface area contributed by atoms with Crippen LogP contribution in [0.15, 0.2) is 55.6 Å². The second kappa shape index (κ2) is 16.1. The molecular weight excluding hydrogens is 678 g/mol. The van der Waals surface area contributed by atoms with Crippen molar-refractivity contribution >= 4 is 39.6 Å². The Balaban J connectivity index is 1.75. The molecule has 1 aromatic carbocycles. The first-order valence-corrected chi connectivity index (χ1v) is 18.1. The smallest absolute Gasteiger partial charge is 0.313 e. The summed E-state index contributed by atoms with van der Waals surface area (Å²) in [6, 6.07) is 6.91. The van der Waals surface area contributed by atoms with Crippen LogP contribution in [0.1, 0.15) is 77.9 Å². The molecule has 10 atom stereocenters. The maximum Gasteiger partial charge on any atom is 0.313 e. The summed E-state index contributed by atoms with van der Waals surface area (Å²) in [4.78, 5) is 61.2. The van der Waals surface area contributed by atoms with E-state index in [1.165, 1.54) is 4.90 Å². The van der Waals surface area contributed by atoms with Crippen LogP contribution in [0.4, 0.5) is 0 Å². The number of rotatable bonds is 17. The zero-order valence-corrected chi connectivity index (χ0v) is 30.5. The molecule has 2 bridgehead atoms. The van der Waals surface area contributed by atoms with Gasteiger partial charge in [-0.05, 0) is 45.1 Å². The van der Waals surface area contributed by atoms with Crippen LogP contribution >= 0.6 is 15.9 Å². The Hall–Kier alpha value is -3.02. The van der Waals surface area contributed by atoms with Crippen molar-refractivity contribution in [3.8, 4) is 0 Å². The van der Waals surface area contributed by atoms with Crippen LogP contribution in [0.3, 0.4) is 0 Å². The highest BCUT2D eigenvalue weighted by Gasteiger charge is 2.77. The maximum absolute atomic E-state index is 14.7. The molecule has 0 aliphatic carbocycles. The quantitative estimate of drug-likeness (QED) is 0.139. The molecule has 3 amide bonds. The molecule has 10 nitrogen and oxygen atoms in total. The minimum Gasteiger partial charge on any atom is -0.455 e. The molecule has 0 radical (unpaired) electrons. The van der Waals surface area contributed by atoms with E-state index in [1.807, 2.05) is 51.1 Å². The molecule has 1 spiro atoms. The number of likely N-dealkylation sites (tertiary alicyclic amines) is 1. The topological polar surface area (TPSA) is 117 Å². The third-order valence-corrected chi connectivity index (χ3v) is 11.4. The maximum atomic E-state index is 14.7. The second-order valence-electron chi connectivity index (χ2n) is 13.4. The summed E-state index contributed by atoms with van der Waals surface area (Å²) in [7, 11) is 1.69. The van der Waals surface area contributed by atoms with Crippen LogP contribution in [0.5, 0.6) is 0 Å². The zero-order valence-electron chi connectivity index (χ0n) is 28.9. The lowest BCUT2D eigenvalue weighted by atomic mass is 9.70. The summed E-state index contributed by atoms with van der Waals surface area (Å²) in [6.45, 7) is 15.3. The van der Waals surface area contributed by atoms with Gasteiger partial charge in [0.15, 0.2) is 0 Å². The van der Waals surface area contributed by atoms with Crippen molar-refractivity contribution in [2.45, 2.75) is 113 Å². The predicted molar refractivity (Wildman–Crippen MR) is 187 cm³/mol. The number of aliphatic hydroxyl groups is 1. The normalized spacial score (nSPS) is 28.3. The SMILES string of the molecule is C=CCCC(=O)N(C)[C@H](C)[C@H](OC(=O)[C@@H]1[C@H]2O[C@@]3(CC2Br)[C@H](C(=O)N(CC=C)C(C)CCC)N([C@@H](CC)CO)C(=O)[C@@H]13)c1ccccc1. The van der Waals surface area contributed by atoms with Crippen molar-refractivity contribution in [1.82, 2.24) is 14.7 Å². The standard InChI is InChI=1S/C37H52BrN3O7/c1-8-12-19-28(43)39(7)24(6)31(25-17-14-13-15-18-25)47-36(46)29-30-34(44)41(26(11-4)22-42)33(37(30)21-27(38)32(29)48-37)35(45)40(20-10-3)23(5)16-9-2/h8,10,13-15,17-18,23-24,26-27,29-33,42H,1,3,9,11-12,16,19-22H2,2,4-7H3/t23?,24-,26+,27?,29+,30-,31+,32+,33+,37-/m1/s1. The zero-order chi connectivity index (χ0) is 35.3. The van der Waals surface area contributed by atoms with Gasteiger partial charge in [-0.25, -0.2) is 0 Å². The number of benzene rings is 1. The number of allylic oxidation sites excluding steroid dienone is 1. The summed E-state index contributed by atoms with van der Waals surface area (Å²) >= 11 is 3.74. The summed E-state index contributed by atoms with van der Waals surface area (Å²) in [6.07, 6.45) is 5.00.